The smallest absolute Gasteiger partial charge is 0.261 e. The lowest BCUT2D eigenvalue weighted by atomic mass is 9.87. The average molecular weight is 329 g/mol. The van der Waals surface area contributed by atoms with Gasteiger partial charge in [-0.1, -0.05) is 25.5 Å². The standard InChI is InChI=1S/C19H23NO2S/c1-3-13-6-9-17-15(10-13)11-18(23-17)19(21)20-12-14-4-7-16(22-2)8-5-14/h4-5,7-8,11,13H,3,6,9-10,12H2,1-2H3,(H,20,21)/t13-/m0/s1. The van der Waals surface area contributed by atoms with Crippen molar-refractivity contribution in [2.45, 2.75) is 39.2 Å². The predicted octanol–water partition coefficient (Wildman–Crippen LogP) is 4.20. The number of ether oxygens (including phenoxy) is 1. The second kappa shape index (κ2) is 7.18. The molecule has 0 bridgehead atoms. The maximum absolute atomic E-state index is 12.4. The second-order valence-electron chi connectivity index (χ2n) is 6.11. The number of thiophene rings is 1. The van der Waals surface area contributed by atoms with Crippen LogP contribution in [0.2, 0.25) is 0 Å². The van der Waals surface area contributed by atoms with Gasteiger partial charge in [-0.3, -0.25) is 4.79 Å². The molecule has 1 aromatic carbocycles. The van der Waals surface area contributed by atoms with Crippen molar-refractivity contribution in [1.82, 2.24) is 5.32 Å². The van der Waals surface area contributed by atoms with Crippen molar-refractivity contribution in [2.75, 3.05) is 7.11 Å². The molecular formula is C19H23NO2S. The summed E-state index contributed by atoms with van der Waals surface area (Å²) in [5.74, 6) is 1.65. The van der Waals surface area contributed by atoms with Gasteiger partial charge < -0.3 is 10.1 Å². The Morgan fingerprint density at radius 3 is 2.83 bits per heavy atom. The minimum absolute atomic E-state index is 0.0354. The Morgan fingerprint density at radius 1 is 1.35 bits per heavy atom. The molecule has 0 unspecified atom stereocenters. The molecule has 2 aromatic rings. The summed E-state index contributed by atoms with van der Waals surface area (Å²) in [6.07, 6.45) is 4.75. The molecule has 0 saturated carbocycles. The van der Waals surface area contributed by atoms with Crippen LogP contribution >= 0.6 is 11.3 Å². The molecule has 23 heavy (non-hydrogen) atoms. The lowest BCUT2D eigenvalue weighted by Gasteiger charge is -2.19. The third kappa shape index (κ3) is 3.75. The Kier molecular flexibility index (Phi) is 5.01. The summed E-state index contributed by atoms with van der Waals surface area (Å²) in [7, 11) is 1.65. The van der Waals surface area contributed by atoms with Gasteiger partial charge in [0.2, 0.25) is 0 Å². The third-order valence-corrected chi connectivity index (χ3v) is 5.83. The first-order valence-corrected chi connectivity index (χ1v) is 9.04. The normalized spacial score (nSPS) is 16.7. The third-order valence-electron chi connectivity index (χ3n) is 4.60. The maximum Gasteiger partial charge on any atom is 0.261 e. The Bertz CT molecular complexity index is 675. The van der Waals surface area contributed by atoms with Crippen LogP contribution in [0.4, 0.5) is 0 Å². The second-order valence-corrected chi connectivity index (χ2v) is 7.24. The summed E-state index contributed by atoms with van der Waals surface area (Å²) >= 11 is 1.67. The van der Waals surface area contributed by atoms with E-state index in [1.807, 2.05) is 24.3 Å². The monoisotopic (exact) mass is 329 g/mol. The predicted molar refractivity (Wildman–Crippen MR) is 94.3 cm³/mol. The van der Waals surface area contributed by atoms with Crippen molar-refractivity contribution >= 4 is 17.2 Å². The van der Waals surface area contributed by atoms with E-state index in [9.17, 15) is 4.79 Å². The fourth-order valence-electron chi connectivity index (χ4n) is 3.07. The van der Waals surface area contributed by atoms with Crippen LogP contribution in [0.25, 0.3) is 0 Å². The van der Waals surface area contributed by atoms with Crippen LogP contribution in [0.15, 0.2) is 30.3 Å². The van der Waals surface area contributed by atoms with E-state index in [2.05, 4.69) is 18.3 Å². The summed E-state index contributed by atoms with van der Waals surface area (Å²) in [6.45, 7) is 2.80. The van der Waals surface area contributed by atoms with Crippen LogP contribution in [0, 0.1) is 5.92 Å². The zero-order valence-corrected chi connectivity index (χ0v) is 14.5. The minimum Gasteiger partial charge on any atom is -0.497 e. The molecular weight excluding hydrogens is 306 g/mol. The number of amides is 1. The summed E-state index contributed by atoms with van der Waals surface area (Å²) in [5.41, 5.74) is 2.47. The van der Waals surface area contributed by atoms with E-state index < -0.39 is 0 Å². The SMILES string of the molecule is CC[C@H]1CCc2sc(C(=O)NCc3ccc(OC)cc3)cc2C1. The summed E-state index contributed by atoms with van der Waals surface area (Å²) in [5, 5.41) is 3.02. The molecule has 3 nitrogen and oxygen atoms in total. The van der Waals surface area contributed by atoms with Crippen LogP contribution in [0.1, 0.15) is 45.4 Å². The van der Waals surface area contributed by atoms with E-state index in [0.29, 0.717) is 6.54 Å². The van der Waals surface area contributed by atoms with Gasteiger partial charge in [-0.2, -0.15) is 0 Å². The summed E-state index contributed by atoms with van der Waals surface area (Å²) in [4.78, 5) is 14.6. The number of benzene rings is 1. The van der Waals surface area contributed by atoms with E-state index in [1.54, 1.807) is 18.4 Å². The number of fused-ring (bicyclic) bond motifs is 1. The highest BCUT2D eigenvalue weighted by atomic mass is 32.1. The minimum atomic E-state index is 0.0354. The number of carbonyl (C=O) groups excluding carboxylic acids is 1. The molecule has 1 aliphatic carbocycles. The van der Waals surface area contributed by atoms with E-state index in [0.717, 1.165) is 34.9 Å². The van der Waals surface area contributed by atoms with Crippen molar-refractivity contribution in [3.8, 4) is 5.75 Å². The summed E-state index contributed by atoms with van der Waals surface area (Å²) in [6, 6.07) is 9.88. The van der Waals surface area contributed by atoms with Crippen molar-refractivity contribution in [2.24, 2.45) is 5.92 Å². The number of rotatable bonds is 5. The fraction of sp³-hybridized carbons (Fsp3) is 0.421. The topological polar surface area (TPSA) is 38.3 Å². The van der Waals surface area contributed by atoms with Crippen LogP contribution in [-0.4, -0.2) is 13.0 Å². The molecule has 3 rings (SSSR count). The number of nitrogens with one attached hydrogen (secondary N) is 1. The lowest BCUT2D eigenvalue weighted by Crippen LogP contribution is -2.21. The molecule has 1 atom stereocenters. The molecule has 0 aliphatic heterocycles. The first-order valence-electron chi connectivity index (χ1n) is 8.22. The number of carbonyl (C=O) groups is 1. The molecule has 122 valence electrons. The molecule has 0 fully saturated rings. The zero-order chi connectivity index (χ0) is 16.2. The Labute approximate surface area is 141 Å². The van der Waals surface area contributed by atoms with Gasteiger partial charge in [0, 0.05) is 11.4 Å². The summed E-state index contributed by atoms with van der Waals surface area (Å²) < 4.78 is 5.14. The van der Waals surface area contributed by atoms with E-state index in [4.69, 9.17) is 4.74 Å². The van der Waals surface area contributed by atoms with Gasteiger partial charge in [0.1, 0.15) is 5.75 Å². The Morgan fingerprint density at radius 2 is 2.13 bits per heavy atom. The first kappa shape index (κ1) is 16.1. The van der Waals surface area contributed by atoms with Gasteiger partial charge in [0.15, 0.2) is 0 Å². The first-order chi connectivity index (χ1) is 11.2. The van der Waals surface area contributed by atoms with E-state index in [-0.39, 0.29) is 5.91 Å². The molecule has 1 amide bonds. The van der Waals surface area contributed by atoms with Crippen LogP contribution in [0.3, 0.4) is 0 Å². The van der Waals surface area contributed by atoms with Gasteiger partial charge in [-0.25, -0.2) is 0 Å². The zero-order valence-electron chi connectivity index (χ0n) is 13.7. The Balaban J connectivity index is 1.61. The largest absolute Gasteiger partial charge is 0.497 e. The lowest BCUT2D eigenvalue weighted by molar-refractivity contribution is 0.0955. The van der Waals surface area contributed by atoms with Crippen LogP contribution < -0.4 is 10.1 Å². The molecule has 1 heterocycles. The number of hydrogen-bond acceptors (Lipinski definition) is 3. The highest BCUT2D eigenvalue weighted by Crippen LogP contribution is 2.33. The van der Waals surface area contributed by atoms with E-state index >= 15 is 0 Å². The van der Waals surface area contributed by atoms with Gasteiger partial charge in [-0.05, 0) is 54.5 Å². The molecule has 0 spiro atoms. The number of methoxy groups -OCH3 is 1. The van der Waals surface area contributed by atoms with Crippen LogP contribution in [-0.2, 0) is 19.4 Å². The van der Waals surface area contributed by atoms with Gasteiger partial charge >= 0.3 is 0 Å². The van der Waals surface area contributed by atoms with Crippen molar-refractivity contribution in [3.05, 3.63) is 51.2 Å². The van der Waals surface area contributed by atoms with Crippen molar-refractivity contribution < 1.29 is 9.53 Å². The quantitative estimate of drug-likeness (QED) is 0.893. The van der Waals surface area contributed by atoms with Crippen LogP contribution in [0.5, 0.6) is 5.75 Å². The molecule has 1 aromatic heterocycles. The molecule has 1 aliphatic rings. The molecule has 4 heteroatoms. The molecule has 0 radical (unpaired) electrons. The highest BCUT2D eigenvalue weighted by molar-refractivity contribution is 7.14. The highest BCUT2D eigenvalue weighted by Gasteiger charge is 2.21. The van der Waals surface area contributed by atoms with Gasteiger partial charge in [0.05, 0.1) is 12.0 Å². The van der Waals surface area contributed by atoms with E-state index in [1.165, 1.54) is 23.3 Å². The Hall–Kier alpha value is -1.81. The van der Waals surface area contributed by atoms with Crippen molar-refractivity contribution in [3.63, 3.8) is 0 Å². The average Bonchev–Trinajstić information content (AvgIpc) is 3.03. The van der Waals surface area contributed by atoms with Gasteiger partial charge in [0.25, 0.3) is 5.91 Å². The fourth-order valence-corrected chi connectivity index (χ4v) is 4.20. The molecule has 0 saturated heterocycles. The number of hydrogen-bond donors (Lipinski definition) is 1. The molecule has 1 N–H and O–H groups in total. The van der Waals surface area contributed by atoms with Crippen molar-refractivity contribution in [1.29, 1.82) is 0 Å². The maximum atomic E-state index is 12.4. The number of aryl methyl sites for hydroxylation is 1. The van der Waals surface area contributed by atoms with Gasteiger partial charge in [-0.15, -0.1) is 11.3 Å².